The summed E-state index contributed by atoms with van der Waals surface area (Å²) in [5.74, 6) is 1.98. The first kappa shape index (κ1) is 11.5. The fourth-order valence-corrected chi connectivity index (χ4v) is 1.27. The fraction of sp³-hybridized carbons (Fsp3) is 0.900. The third-order valence-corrected chi connectivity index (χ3v) is 1.98. The van der Waals surface area contributed by atoms with Crippen LogP contribution in [0.5, 0.6) is 0 Å². The lowest BCUT2D eigenvalue weighted by atomic mass is 10.2. The van der Waals surface area contributed by atoms with Gasteiger partial charge in [0.15, 0.2) is 0 Å². The maximum absolute atomic E-state index is 3.19. The Morgan fingerprint density at radius 1 is 1.25 bits per heavy atom. The van der Waals surface area contributed by atoms with Crippen LogP contribution < -0.4 is 5.32 Å². The van der Waals surface area contributed by atoms with Crippen LogP contribution in [0.3, 0.4) is 0 Å². The minimum absolute atomic E-state index is 0.583. The van der Waals surface area contributed by atoms with Crippen LogP contribution in [0.25, 0.3) is 0 Å². The molecule has 0 unspecified atom stereocenters. The molecule has 0 aliphatic carbocycles. The molecule has 0 aliphatic heterocycles. The predicted octanol–water partition coefficient (Wildman–Crippen LogP) is 1.70. The van der Waals surface area contributed by atoms with Crippen LogP contribution >= 0.6 is 0 Å². The van der Waals surface area contributed by atoms with Crippen LogP contribution in [0.2, 0.25) is 0 Å². The topological polar surface area (TPSA) is 15.0 Å². The summed E-state index contributed by atoms with van der Waals surface area (Å²) < 4.78 is 2.39. The fourth-order valence-electron chi connectivity index (χ4n) is 1.27. The van der Waals surface area contributed by atoms with Crippen molar-refractivity contribution in [2.75, 3.05) is 13.6 Å². The van der Waals surface area contributed by atoms with Crippen molar-refractivity contribution in [3.05, 3.63) is 0 Å². The van der Waals surface area contributed by atoms with Crippen LogP contribution in [-0.2, 0) is 0 Å². The second kappa shape index (κ2) is 5.18. The lowest BCUT2D eigenvalue weighted by Crippen LogP contribution is -2.35. The zero-order chi connectivity index (χ0) is 9.72. The summed E-state index contributed by atoms with van der Waals surface area (Å²) in [5, 5.41) is 3.19. The Bertz CT molecular complexity index is 157. The maximum atomic E-state index is 3.19. The van der Waals surface area contributed by atoms with E-state index in [9.17, 15) is 0 Å². The van der Waals surface area contributed by atoms with Gasteiger partial charge in [-0.15, -0.1) is 0 Å². The summed E-state index contributed by atoms with van der Waals surface area (Å²) in [4.78, 5) is 0. The molecule has 72 valence electrons. The minimum atomic E-state index is 0.583. The molecule has 0 fully saturated rings. The van der Waals surface area contributed by atoms with E-state index in [1.165, 1.54) is 5.84 Å². The second-order valence-electron chi connectivity index (χ2n) is 3.98. The Kier molecular flexibility index (Phi) is 4.95. The average molecular weight is 171 g/mol. The summed E-state index contributed by atoms with van der Waals surface area (Å²) in [6, 6.07) is 0.583. The zero-order valence-corrected chi connectivity index (χ0v) is 9.31. The van der Waals surface area contributed by atoms with Crippen molar-refractivity contribution in [1.29, 1.82) is 0 Å². The standard InChI is InChI=1S/C10H22N2/c1-8(2)7-12(9(3)4)10(5)11-6/h8-9H,7H2,1-6H3/p+1. The van der Waals surface area contributed by atoms with Crippen molar-refractivity contribution in [2.24, 2.45) is 5.92 Å². The van der Waals surface area contributed by atoms with Crippen molar-refractivity contribution < 1.29 is 4.58 Å². The van der Waals surface area contributed by atoms with E-state index in [4.69, 9.17) is 0 Å². The number of nitrogens with zero attached hydrogens (tertiary/aromatic N) is 1. The van der Waals surface area contributed by atoms with Crippen LogP contribution in [0.15, 0.2) is 0 Å². The normalized spacial score (nSPS) is 13.7. The highest BCUT2D eigenvalue weighted by Crippen LogP contribution is 1.97. The molecular weight excluding hydrogens is 148 g/mol. The maximum Gasteiger partial charge on any atom is 0.241 e. The first-order chi connectivity index (χ1) is 5.49. The van der Waals surface area contributed by atoms with E-state index in [2.05, 4.69) is 44.5 Å². The van der Waals surface area contributed by atoms with Gasteiger partial charge in [-0.1, -0.05) is 13.8 Å². The molecule has 0 aromatic carbocycles. The van der Waals surface area contributed by atoms with Gasteiger partial charge in [-0.3, -0.25) is 9.89 Å². The molecule has 0 rings (SSSR count). The van der Waals surface area contributed by atoms with Gasteiger partial charge in [0, 0.05) is 6.92 Å². The summed E-state index contributed by atoms with van der Waals surface area (Å²) in [7, 11) is 1.98. The lowest BCUT2D eigenvalue weighted by Gasteiger charge is -2.15. The van der Waals surface area contributed by atoms with Crippen molar-refractivity contribution in [1.82, 2.24) is 5.32 Å². The monoisotopic (exact) mass is 171 g/mol. The molecule has 0 saturated carbocycles. The van der Waals surface area contributed by atoms with Gasteiger partial charge in [0.2, 0.25) is 5.84 Å². The number of hydrogen-bond donors (Lipinski definition) is 1. The van der Waals surface area contributed by atoms with E-state index in [-0.39, 0.29) is 0 Å². The highest BCUT2D eigenvalue weighted by atomic mass is 15.1. The van der Waals surface area contributed by atoms with E-state index in [0.717, 1.165) is 12.5 Å². The molecule has 2 nitrogen and oxygen atoms in total. The highest BCUT2D eigenvalue weighted by Gasteiger charge is 2.11. The molecule has 2 heteroatoms. The number of amidine groups is 1. The van der Waals surface area contributed by atoms with E-state index in [1.54, 1.807) is 0 Å². The molecule has 0 spiro atoms. The van der Waals surface area contributed by atoms with Crippen LogP contribution in [0, 0.1) is 5.92 Å². The van der Waals surface area contributed by atoms with Gasteiger partial charge in [0.25, 0.3) is 0 Å². The van der Waals surface area contributed by atoms with E-state index < -0.39 is 0 Å². The molecule has 0 aliphatic rings. The number of rotatable bonds is 3. The number of nitrogens with one attached hydrogen (secondary N) is 1. The molecular formula is C10H23N2+. The lowest BCUT2D eigenvalue weighted by molar-refractivity contribution is -0.566. The Hall–Kier alpha value is -0.530. The Morgan fingerprint density at radius 3 is 2.00 bits per heavy atom. The summed E-state index contributed by atoms with van der Waals surface area (Å²) in [6.45, 7) is 12.2. The van der Waals surface area contributed by atoms with Crippen LogP contribution in [-0.4, -0.2) is 30.0 Å². The van der Waals surface area contributed by atoms with Gasteiger partial charge in [-0.25, -0.2) is 0 Å². The first-order valence-electron chi connectivity index (χ1n) is 4.77. The zero-order valence-electron chi connectivity index (χ0n) is 9.31. The van der Waals surface area contributed by atoms with Gasteiger partial charge in [0.05, 0.1) is 19.6 Å². The van der Waals surface area contributed by atoms with E-state index in [1.807, 2.05) is 7.05 Å². The Labute approximate surface area is 76.7 Å². The smallest absolute Gasteiger partial charge is 0.241 e. The van der Waals surface area contributed by atoms with Gasteiger partial charge in [-0.05, 0) is 19.8 Å². The first-order valence-corrected chi connectivity index (χ1v) is 4.77. The molecule has 0 saturated heterocycles. The predicted molar refractivity (Wildman–Crippen MR) is 54.8 cm³/mol. The summed E-state index contributed by atoms with van der Waals surface area (Å²) in [6.07, 6.45) is 0. The molecule has 0 aromatic rings. The van der Waals surface area contributed by atoms with Crippen molar-refractivity contribution in [3.63, 3.8) is 0 Å². The van der Waals surface area contributed by atoms with Crippen LogP contribution in [0.1, 0.15) is 34.6 Å². The molecule has 0 atom stereocenters. The molecule has 0 aromatic heterocycles. The largest absolute Gasteiger partial charge is 0.281 e. The van der Waals surface area contributed by atoms with Gasteiger partial charge < -0.3 is 0 Å². The quantitative estimate of drug-likeness (QED) is 0.388. The molecule has 1 N–H and O–H groups in total. The highest BCUT2D eigenvalue weighted by molar-refractivity contribution is 5.73. The third-order valence-electron chi connectivity index (χ3n) is 1.98. The Balaban J connectivity index is 4.43. The van der Waals surface area contributed by atoms with E-state index in [0.29, 0.717) is 6.04 Å². The minimum Gasteiger partial charge on any atom is -0.281 e. The van der Waals surface area contributed by atoms with E-state index >= 15 is 0 Å². The second-order valence-corrected chi connectivity index (χ2v) is 3.98. The molecule has 0 bridgehead atoms. The van der Waals surface area contributed by atoms with Gasteiger partial charge in [-0.2, -0.15) is 0 Å². The SMILES string of the molecule is CNC(C)=[N+](CC(C)C)C(C)C. The Morgan fingerprint density at radius 2 is 1.75 bits per heavy atom. The van der Waals surface area contributed by atoms with Gasteiger partial charge in [0.1, 0.15) is 0 Å². The van der Waals surface area contributed by atoms with Crippen molar-refractivity contribution >= 4 is 5.84 Å². The molecule has 0 amide bonds. The molecule has 0 radical (unpaired) electrons. The third kappa shape index (κ3) is 3.74. The van der Waals surface area contributed by atoms with Crippen molar-refractivity contribution in [2.45, 2.75) is 40.7 Å². The van der Waals surface area contributed by atoms with Crippen LogP contribution in [0.4, 0.5) is 0 Å². The summed E-state index contributed by atoms with van der Waals surface area (Å²) >= 11 is 0. The summed E-state index contributed by atoms with van der Waals surface area (Å²) in [5.41, 5.74) is 0. The number of hydrogen-bond acceptors (Lipinski definition) is 0. The molecule has 0 heterocycles. The van der Waals surface area contributed by atoms with Gasteiger partial charge >= 0.3 is 0 Å². The molecule has 12 heavy (non-hydrogen) atoms. The van der Waals surface area contributed by atoms with Crippen molar-refractivity contribution in [3.8, 4) is 0 Å². The average Bonchev–Trinajstić information content (AvgIpc) is 1.98.